The van der Waals surface area contributed by atoms with Crippen LogP contribution in [0.15, 0.2) is 6.20 Å². The second kappa shape index (κ2) is 5.79. The average Bonchev–Trinajstić information content (AvgIpc) is 2.77. The summed E-state index contributed by atoms with van der Waals surface area (Å²) in [6.45, 7) is 1.46. The summed E-state index contributed by atoms with van der Waals surface area (Å²) in [7, 11) is 0. The number of ketones is 1. The van der Waals surface area contributed by atoms with Crippen molar-refractivity contribution in [1.29, 1.82) is 0 Å². The van der Waals surface area contributed by atoms with Crippen LogP contribution in [0.4, 0.5) is 5.13 Å². The molecule has 1 aliphatic carbocycles. The summed E-state index contributed by atoms with van der Waals surface area (Å²) in [4.78, 5) is 27.5. The van der Waals surface area contributed by atoms with Gasteiger partial charge in [0.2, 0.25) is 5.91 Å². The number of nitrogens with zero attached hydrogens (tertiary/aromatic N) is 1. The van der Waals surface area contributed by atoms with Gasteiger partial charge in [0.25, 0.3) is 0 Å². The first-order valence-electron chi connectivity index (χ1n) is 6.47. The Kier molecular flexibility index (Phi) is 4.31. The number of nitrogens with one attached hydrogen (secondary N) is 1. The monoisotopic (exact) mass is 282 g/mol. The van der Waals surface area contributed by atoms with E-state index in [1.165, 1.54) is 13.1 Å². The molecule has 5 nitrogen and oxygen atoms in total. The molecule has 0 aromatic carbocycles. The molecule has 2 rings (SSSR count). The molecule has 0 unspecified atom stereocenters. The van der Waals surface area contributed by atoms with Gasteiger partial charge in [0.1, 0.15) is 0 Å². The molecule has 2 N–H and O–H groups in total. The van der Waals surface area contributed by atoms with Crippen molar-refractivity contribution in [1.82, 2.24) is 4.98 Å². The van der Waals surface area contributed by atoms with Gasteiger partial charge in [-0.2, -0.15) is 0 Å². The first-order valence-corrected chi connectivity index (χ1v) is 7.29. The van der Waals surface area contributed by atoms with Crippen molar-refractivity contribution in [3.05, 3.63) is 11.1 Å². The van der Waals surface area contributed by atoms with Gasteiger partial charge in [-0.05, 0) is 12.8 Å². The standard InChI is InChI=1S/C13H18N2O3S/c1-9(16)10-8-14-12(19-10)15-11(17)7-13(18)5-3-2-4-6-13/h8,18H,2-7H2,1H3,(H,14,15,17). The third-order valence-electron chi connectivity index (χ3n) is 3.37. The lowest BCUT2D eigenvalue weighted by molar-refractivity contribution is -0.122. The van der Waals surface area contributed by atoms with E-state index in [0.29, 0.717) is 22.9 Å². The molecule has 19 heavy (non-hydrogen) atoms. The number of thiazole rings is 1. The minimum Gasteiger partial charge on any atom is -0.389 e. The van der Waals surface area contributed by atoms with Gasteiger partial charge >= 0.3 is 0 Å². The quantitative estimate of drug-likeness (QED) is 0.831. The fourth-order valence-corrected chi connectivity index (χ4v) is 3.07. The van der Waals surface area contributed by atoms with E-state index < -0.39 is 5.60 Å². The molecule has 1 saturated carbocycles. The van der Waals surface area contributed by atoms with Crippen LogP contribution in [-0.4, -0.2) is 27.4 Å². The molecular weight excluding hydrogens is 264 g/mol. The van der Waals surface area contributed by atoms with E-state index in [4.69, 9.17) is 0 Å². The van der Waals surface area contributed by atoms with E-state index in [0.717, 1.165) is 30.6 Å². The van der Waals surface area contributed by atoms with Crippen LogP contribution in [-0.2, 0) is 4.79 Å². The van der Waals surface area contributed by atoms with Crippen LogP contribution in [0.25, 0.3) is 0 Å². The Morgan fingerprint density at radius 2 is 2.11 bits per heavy atom. The number of carbonyl (C=O) groups is 2. The van der Waals surface area contributed by atoms with Crippen molar-refractivity contribution in [2.75, 3.05) is 5.32 Å². The third-order valence-corrected chi connectivity index (χ3v) is 4.39. The normalized spacial score (nSPS) is 18.0. The van der Waals surface area contributed by atoms with Crippen LogP contribution in [0.3, 0.4) is 0 Å². The highest BCUT2D eigenvalue weighted by atomic mass is 32.1. The van der Waals surface area contributed by atoms with Gasteiger partial charge in [-0.25, -0.2) is 4.98 Å². The zero-order valence-corrected chi connectivity index (χ0v) is 11.8. The Labute approximate surface area is 116 Å². The average molecular weight is 282 g/mol. The van der Waals surface area contributed by atoms with Crippen molar-refractivity contribution in [2.45, 2.75) is 51.0 Å². The first-order chi connectivity index (χ1) is 8.98. The molecule has 0 radical (unpaired) electrons. The van der Waals surface area contributed by atoms with Gasteiger partial charge in [0.05, 0.1) is 23.1 Å². The molecule has 1 heterocycles. The molecule has 1 aromatic rings. The van der Waals surface area contributed by atoms with Crippen LogP contribution in [0, 0.1) is 0 Å². The molecule has 0 aliphatic heterocycles. The van der Waals surface area contributed by atoms with Crippen molar-refractivity contribution in [3.63, 3.8) is 0 Å². The van der Waals surface area contributed by atoms with E-state index in [9.17, 15) is 14.7 Å². The molecule has 1 aromatic heterocycles. The van der Waals surface area contributed by atoms with Crippen LogP contribution in [0.2, 0.25) is 0 Å². The van der Waals surface area contributed by atoms with Crippen molar-refractivity contribution in [2.24, 2.45) is 0 Å². The van der Waals surface area contributed by atoms with Crippen molar-refractivity contribution < 1.29 is 14.7 Å². The van der Waals surface area contributed by atoms with E-state index in [1.54, 1.807) is 0 Å². The Morgan fingerprint density at radius 1 is 1.42 bits per heavy atom. The van der Waals surface area contributed by atoms with Gasteiger partial charge in [-0.3, -0.25) is 9.59 Å². The number of hydrogen-bond donors (Lipinski definition) is 2. The molecule has 104 valence electrons. The summed E-state index contributed by atoms with van der Waals surface area (Å²) in [5.41, 5.74) is -0.872. The smallest absolute Gasteiger partial charge is 0.229 e. The summed E-state index contributed by atoms with van der Waals surface area (Å²) in [5.74, 6) is -0.308. The molecule has 0 spiro atoms. The molecule has 0 atom stereocenters. The van der Waals surface area contributed by atoms with Crippen LogP contribution >= 0.6 is 11.3 Å². The molecule has 0 saturated heterocycles. The minimum atomic E-state index is -0.872. The number of anilines is 1. The number of hydrogen-bond acceptors (Lipinski definition) is 5. The van der Waals surface area contributed by atoms with E-state index in [1.807, 2.05) is 0 Å². The van der Waals surface area contributed by atoms with E-state index in [2.05, 4.69) is 10.3 Å². The number of carbonyl (C=O) groups excluding carboxylic acids is 2. The van der Waals surface area contributed by atoms with Crippen LogP contribution < -0.4 is 5.32 Å². The van der Waals surface area contributed by atoms with Crippen molar-refractivity contribution in [3.8, 4) is 0 Å². The third kappa shape index (κ3) is 3.84. The zero-order chi connectivity index (χ0) is 13.9. The largest absolute Gasteiger partial charge is 0.389 e. The Morgan fingerprint density at radius 3 is 2.68 bits per heavy atom. The Balaban J connectivity index is 1.91. The second-order valence-corrected chi connectivity index (χ2v) is 6.13. The lowest BCUT2D eigenvalue weighted by Crippen LogP contribution is -2.35. The lowest BCUT2D eigenvalue weighted by atomic mass is 9.82. The molecule has 1 fully saturated rings. The molecule has 1 amide bonds. The predicted molar refractivity (Wildman–Crippen MR) is 73.4 cm³/mol. The van der Waals surface area contributed by atoms with Gasteiger partial charge in [-0.1, -0.05) is 30.6 Å². The van der Waals surface area contributed by atoms with Gasteiger partial charge < -0.3 is 10.4 Å². The molecule has 1 aliphatic rings. The first kappa shape index (κ1) is 14.1. The van der Waals surface area contributed by atoms with Crippen LogP contribution in [0.1, 0.15) is 55.1 Å². The fourth-order valence-electron chi connectivity index (χ4n) is 2.34. The predicted octanol–water partition coefficient (Wildman–Crippen LogP) is 2.37. The molecule has 6 heteroatoms. The van der Waals surface area contributed by atoms with Gasteiger partial charge in [0.15, 0.2) is 10.9 Å². The maximum Gasteiger partial charge on any atom is 0.229 e. The highest BCUT2D eigenvalue weighted by Crippen LogP contribution is 2.31. The fraction of sp³-hybridized carbons (Fsp3) is 0.615. The number of rotatable bonds is 4. The number of amides is 1. The summed E-state index contributed by atoms with van der Waals surface area (Å²) in [6.07, 6.45) is 5.97. The second-order valence-electron chi connectivity index (χ2n) is 5.10. The molecular formula is C13H18N2O3S. The summed E-state index contributed by atoms with van der Waals surface area (Å²) in [6, 6.07) is 0. The topological polar surface area (TPSA) is 79.3 Å². The van der Waals surface area contributed by atoms with Crippen LogP contribution in [0.5, 0.6) is 0 Å². The Bertz CT molecular complexity index is 478. The maximum atomic E-state index is 11.9. The zero-order valence-electron chi connectivity index (χ0n) is 10.9. The number of aliphatic hydroxyl groups is 1. The Hall–Kier alpha value is -1.27. The molecule has 0 bridgehead atoms. The summed E-state index contributed by atoms with van der Waals surface area (Å²) < 4.78 is 0. The highest BCUT2D eigenvalue weighted by molar-refractivity contribution is 7.17. The van der Waals surface area contributed by atoms with Gasteiger partial charge in [0, 0.05) is 6.92 Å². The number of aromatic nitrogens is 1. The lowest BCUT2D eigenvalue weighted by Gasteiger charge is -2.31. The number of Topliss-reactive ketones (excluding diaryl/α,β-unsaturated/α-hetero) is 1. The highest BCUT2D eigenvalue weighted by Gasteiger charge is 2.31. The van der Waals surface area contributed by atoms with Crippen molar-refractivity contribution >= 4 is 28.2 Å². The van der Waals surface area contributed by atoms with Gasteiger partial charge in [-0.15, -0.1) is 0 Å². The maximum absolute atomic E-state index is 11.9. The minimum absolute atomic E-state index is 0.0658. The SMILES string of the molecule is CC(=O)c1cnc(NC(=O)CC2(O)CCCCC2)s1. The van der Waals surface area contributed by atoms with E-state index >= 15 is 0 Å². The van der Waals surface area contributed by atoms with E-state index in [-0.39, 0.29) is 18.1 Å². The summed E-state index contributed by atoms with van der Waals surface area (Å²) >= 11 is 1.16. The summed E-state index contributed by atoms with van der Waals surface area (Å²) in [5, 5.41) is 13.3.